The van der Waals surface area contributed by atoms with Crippen molar-refractivity contribution < 1.29 is 19.2 Å². The van der Waals surface area contributed by atoms with Crippen LogP contribution in [-0.2, 0) is 4.74 Å². The van der Waals surface area contributed by atoms with Gasteiger partial charge in [0.15, 0.2) is 0 Å². The molecule has 1 atom stereocenters. The zero-order chi connectivity index (χ0) is 19.3. The van der Waals surface area contributed by atoms with E-state index < -0.39 is 16.8 Å². The zero-order valence-electron chi connectivity index (χ0n) is 14.8. The van der Waals surface area contributed by atoms with Crippen LogP contribution in [0.5, 0.6) is 0 Å². The quantitative estimate of drug-likeness (QED) is 0.448. The van der Waals surface area contributed by atoms with Gasteiger partial charge in [0, 0.05) is 24.7 Å². The van der Waals surface area contributed by atoms with E-state index >= 15 is 0 Å². The molecule has 2 rings (SSSR count). The van der Waals surface area contributed by atoms with E-state index in [1.165, 1.54) is 17.0 Å². The van der Waals surface area contributed by atoms with Crippen molar-refractivity contribution in [2.45, 2.75) is 19.9 Å². The Balaban J connectivity index is 2.37. The van der Waals surface area contributed by atoms with Crippen molar-refractivity contribution in [3.8, 4) is 0 Å². The largest absolute Gasteiger partial charge is 0.462 e. The average molecular weight is 356 g/mol. The summed E-state index contributed by atoms with van der Waals surface area (Å²) in [6.07, 6.45) is 0. The minimum atomic E-state index is -0.705. The van der Waals surface area contributed by atoms with E-state index in [0.29, 0.717) is 0 Å². The third-order valence-corrected chi connectivity index (χ3v) is 4.07. The van der Waals surface area contributed by atoms with E-state index in [1.807, 2.05) is 37.3 Å². The van der Waals surface area contributed by atoms with Gasteiger partial charge < -0.3 is 9.64 Å². The van der Waals surface area contributed by atoms with Crippen LogP contribution in [-0.4, -0.2) is 35.4 Å². The van der Waals surface area contributed by atoms with Crippen LogP contribution < -0.4 is 0 Å². The number of carbonyl (C=O) groups is 2. The first-order valence-electron chi connectivity index (χ1n) is 8.13. The van der Waals surface area contributed by atoms with Crippen LogP contribution >= 0.6 is 0 Å². The van der Waals surface area contributed by atoms with Crippen molar-refractivity contribution in [3.05, 3.63) is 75.3 Å². The summed E-state index contributed by atoms with van der Waals surface area (Å²) in [6.45, 7) is 3.63. The molecule has 0 spiro atoms. The van der Waals surface area contributed by atoms with Crippen molar-refractivity contribution in [1.29, 1.82) is 0 Å². The van der Waals surface area contributed by atoms with Crippen LogP contribution in [0.1, 0.15) is 46.2 Å². The zero-order valence-corrected chi connectivity index (χ0v) is 14.8. The third-order valence-electron chi connectivity index (χ3n) is 4.07. The van der Waals surface area contributed by atoms with E-state index in [1.54, 1.807) is 14.0 Å². The smallest absolute Gasteiger partial charge is 0.338 e. The Bertz CT molecular complexity index is 820. The second kappa shape index (κ2) is 8.24. The topological polar surface area (TPSA) is 89.8 Å². The van der Waals surface area contributed by atoms with Crippen molar-refractivity contribution in [3.63, 3.8) is 0 Å². The molecule has 0 aromatic heterocycles. The van der Waals surface area contributed by atoms with Crippen LogP contribution in [0.2, 0.25) is 0 Å². The fourth-order valence-electron chi connectivity index (χ4n) is 2.51. The number of hydrogen-bond acceptors (Lipinski definition) is 5. The highest BCUT2D eigenvalue weighted by Gasteiger charge is 2.23. The van der Waals surface area contributed by atoms with Crippen molar-refractivity contribution in [2.75, 3.05) is 13.7 Å². The Morgan fingerprint density at radius 3 is 2.35 bits per heavy atom. The fourth-order valence-corrected chi connectivity index (χ4v) is 2.51. The summed E-state index contributed by atoms with van der Waals surface area (Å²) in [4.78, 5) is 36.8. The van der Waals surface area contributed by atoms with Gasteiger partial charge in [0.25, 0.3) is 11.6 Å². The highest BCUT2D eigenvalue weighted by Crippen LogP contribution is 2.24. The first-order valence-corrected chi connectivity index (χ1v) is 8.13. The summed E-state index contributed by atoms with van der Waals surface area (Å²) in [5.74, 6) is -1.13. The van der Waals surface area contributed by atoms with E-state index in [-0.39, 0.29) is 29.5 Å². The van der Waals surface area contributed by atoms with Crippen LogP contribution in [0.3, 0.4) is 0 Å². The number of carbonyl (C=O) groups excluding carboxylic acids is 2. The summed E-state index contributed by atoms with van der Waals surface area (Å²) in [5.41, 5.74) is 0.636. The number of non-ortho nitro benzene ring substituents is 1. The maximum Gasteiger partial charge on any atom is 0.338 e. The molecular formula is C19H20N2O5. The lowest BCUT2D eigenvalue weighted by Gasteiger charge is -2.25. The molecule has 7 nitrogen and oxygen atoms in total. The molecule has 0 aliphatic rings. The Morgan fingerprint density at radius 1 is 1.15 bits per heavy atom. The number of nitrogens with zero attached hydrogens (tertiary/aromatic N) is 2. The van der Waals surface area contributed by atoms with Gasteiger partial charge in [-0.15, -0.1) is 0 Å². The number of esters is 1. The molecule has 0 saturated carbocycles. The van der Waals surface area contributed by atoms with Crippen LogP contribution in [0.25, 0.3) is 0 Å². The number of rotatable bonds is 6. The van der Waals surface area contributed by atoms with Gasteiger partial charge in [0.1, 0.15) is 0 Å². The first kappa shape index (κ1) is 19.1. The van der Waals surface area contributed by atoms with Gasteiger partial charge in [-0.2, -0.15) is 0 Å². The molecule has 0 bridgehead atoms. The van der Waals surface area contributed by atoms with E-state index in [2.05, 4.69) is 0 Å². The third kappa shape index (κ3) is 4.24. The first-order chi connectivity index (χ1) is 12.3. The summed E-state index contributed by atoms with van der Waals surface area (Å²) in [7, 11) is 1.61. The summed E-state index contributed by atoms with van der Waals surface area (Å²) >= 11 is 0. The van der Waals surface area contributed by atoms with Gasteiger partial charge in [-0.1, -0.05) is 30.3 Å². The van der Waals surface area contributed by atoms with Crippen molar-refractivity contribution in [1.82, 2.24) is 4.90 Å². The predicted octanol–water partition coefficient (Wildman–Crippen LogP) is 3.60. The number of ether oxygens (including phenoxy) is 1. The van der Waals surface area contributed by atoms with Crippen LogP contribution in [0.15, 0.2) is 48.5 Å². The molecule has 0 fully saturated rings. The summed E-state index contributed by atoms with van der Waals surface area (Å²) in [6, 6.07) is 12.8. The fraction of sp³-hybridized carbons (Fsp3) is 0.263. The summed E-state index contributed by atoms with van der Waals surface area (Å²) in [5, 5.41) is 11.2. The Kier molecular flexibility index (Phi) is 6.06. The monoisotopic (exact) mass is 356 g/mol. The molecule has 0 aliphatic carbocycles. The van der Waals surface area contributed by atoms with Gasteiger partial charge in [0.05, 0.1) is 23.1 Å². The molecule has 2 aromatic carbocycles. The molecule has 136 valence electrons. The molecule has 0 radical (unpaired) electrons. The molecule has 0 saturated heterocycles. The number of benzene rings is 2. The Hall–Kier alpha value is -3.22. The van der Waals surface area contributed by atoms with E-state index in [4.69, 9.17) is 4.74 Å². The molecule has 0 heterocycles. The van der Waals surface area contributed by atoms with Crippen LogP contribution in [0, 0.1) is 10.1 Å². The Labute approximate surface area is 151 Å². The number of nitro groups is 1. The predicted molar refractivity (Wildman–Crippen MR) is 96.0 cm³/mol. The minimum Gasteiger partial charge on any atom is -0.462 e. The number of hydrogen-bond donors (Lipinski definition) is 0. The van der Waals surface area contributed by atoms with Crippen LogP contribution in [0.4, 0.5) is 5.69 Å². The van der Waals surface area contributed by atoms with Gasteiger partial charge >= 0.3 is 5.97 Å². The van der Waals surface area contributed by atoms with Crippen molar-refractivity contribution >= 4 is 17.6 Å². The van der Waals surface area contributed by atoms with Crippen molar-refractivity contribution in [2.24, 2.45) is 0 Å². The number of nitro benzene ring substituents is 1. The molecule has 26 heavy (non-hydrogen) atoms. The summed E-state index contributed by atoms with van der Waals surface area (Å²) < 4.78 is 4.89. The second-order valence-electron chi connectivity index (χ2n) is 5.75. The van der Waals surface area contributed by atoms with E-state index in [0.717, 1.165) is 11.6 Å². The Morgan fingerprint density at radius 2 is 1.77 bits per heavy atom. The molecule has 1 amide bonds. The molecule has 0 N–H and O–H groups in total. The SMILES string of the molecule is CCOC(=O)c1cc(C(=O)N(C)C(C)c2ccccc2)cc([N+](=O)[O-])c1. The highest BCUT2D eigenvalue weighted by atomic mass is 16.6. The highest BCUT2D eigenvalue weighted by molar-refractivity contribution is 5.99. The lowest BCUT2D eigenvalue weighted by Crippen LogP contribution is -2.30. The van der Waals surface area contributed by atoms with E-state index in [9.17, 15) is 19.7 Å². The van der Waals surface area contributed by atoms with Gasteiger partial charge in [-0.3, -0.25) is 14.9 Å². The lowest BCUT2D eigenvalue weighted by atomic mass is 10.0. The standard InChI is InChI=1S/C19H20N2O5/c1-4-26-19(23)16-10-15(11-17(12-16)21(24)25)18(22)20(3)13(2)14-8-6-5-7-9-14/h5-13H,4H2,1-3H3. The molecule has 2 aromatic rings. The van der Waals surface area contributed by atoms with Gasteiger partial charge in [-0.25, -0.2) is 4.79 Å². The maximum absolute atomic E-state index is 12.8. The molecule has 0 aliphatic heterocycles. The minimum absolute atomic E-state index is 0.0230. The number of amides is 1. The molecule has 1 unspecified atom stereocenters. The normalized spacial score (nSPS) is 11.5. The maximum atomic E-state index is 12.8. The second-order valence-corrected chi connectivity index (χ2v) is 5.75. The lowest BCUT2D eigenvalue weighted by molar-refractivity contribution is -0.384. The molecular weight excluding hydrogens is 336 g/mol. The van der Waals surface area contributed by atoms with Gasteiger partial charge in [-0.05, 0) is 25.5 Å². The average Bonchev–Trinajstić information content (AvgIpc) is 2.66. The molecule has 7 heteroatoms. The van der Waals surface area contributed by atoms with Gasteiger partial charge in [0.2, 0.25) is 0 Å².